The molecule has 3 aromatic rings. The number of carbonyl (C=O) groups is 1. The summed E-state index contributed by atoms with van der Waals surface area (Å²) in [5, 5.41) is 3.40. The lowest BCUT2D eigenvalue weighted by Crippen LogP contribution is -2.40. The Hall–Kier alpha value is -2.87. The van der Waals surface area contributed by atoms with Crippen LogP contribution in [0.5, 0.6) is 0 Å². The lowest BCUT2D eigenvalue weighted by molar-refractivity contribution is -0.119. The van der Waals surface area contributed by atoms with Crippen molar-refractivity contribution in [3.05, 3.63) is 95.0 Å². The first-order chi connectivity index (χ1) is 16.4. The highest BCUT2D eigenvalue weighted by atomic mass is 35.5. The molecule has 0 aromatic heterocycles. The summed E-state index contributed by atoms with van der Waals surface area (Å²) in [7, 11) is -3.95. The van der Waals surface area contributed by atoms with Gasteiger partial charge in [-0.15, -0.1) is 0 Å². The van der Waals surface area contributed by atoms with Crippen LogP contribution in [-0.2, 0) is 27.9 Å². The maximum atomic E-state index is 13.4. The van der Waals surface area contributed by atoms with Crippen molar-refractivity contribution in [1.29, 1.82) is 0 Å². The highest BCUT2D eigenvalue weighted by molar-refractivity contribution is 7.92. The van der Waals surface area contributed by atoms with Crippen LogP contribution in [0.3, 0.4) is 0 Å². The van der Waals surface area contributed by atoms with Gasteiger partial charge in [-0.3, -0.25) is 14.0 Å². The second kappa shape index (κ2) is 11.0. The Kier molecular flexibility index (Phi) is 7.88. The Bertz CT molecular complexity index is 1210. The molecule has 3 aromatic carbocycles. The molecule has 34 heavy (non-hydrogen) atoms. The SMILES string of the molecule is O=C(CN(c1ccc(Cl)cc1)S(=O)(=O)c1ccccc1)NCc1ccccc1CN1CCCC1. The fourth-order valence-electron chi connectivity index (χ4n) is 4.09. The van der Waals surface area contributed by atoms with Gasteiger partial charge in [0.15, 0.2) is 0 Å². The summed E-state index contributed by atoms with van der Waals surface area (Å²) < 4.78 is 27.9. The number of halogens is 1. The molecular formula is C26H28ClN3O3S. The highest BCUT2D eigenvalue weighted by Gasteiger charge is 2.27. The second-order valence-corrected chi connectivity index (χ2v) is 10.6. The van der Waals surface area contributed by atoms with Gasteiger partial charge in [0.1, 0.15) is 6.54 Å². The maximum Gasteiger partial charge on any atom is 0.264 e. The fraction of sp³-hybridized carbons (Fsp3) is 0.269. The number of hydrogen-bond acceptors (Lipinski definition) is 4. The van der Waals surface area contributed by atoms with Crippen LogP contribution in [0.1, 0.15) is 24.0 Å². The van der Waals surface area contributed by atoms with E-state index in [1.165, 1.54) is 30.5 Å². The normalized spacial score (nSPS) is 14.1. The van der Waals surface area contributed by atoms with Crippen LogP contribution < -0.4 is 9.62 Å². The van der Waals surface area contributed by atoms with Crippen molar-refractivity contribution in [1.82, 2.24) is 10.2 Å². The Morgan fingerprint density at radius 2 is 1.50 bits per heavy atom. The standard InChI is InChI=1S/C26H28ClN3O3S/c27-23-12-14-24(15-13-23)30(34(32,33)25-10-2-1-3-11-25)20-26(31)28-18-21-8-4-5-9-22(21)19-29-16-6-7-17-29/h1-5,8-15H,6-7,16-20H2,(H,28,31). The van der Waals surface area contributed by atoms with Crippen molar-refractivity contribution in [2.45, 2.75) is 30.8 Å². The largest absolute Gasteiger partial charge is 0.350 e. The zero-order valence-corrected chi connectivity index (χ0v) is 20.4. The van der Waals surface area contributed by atoms with Crippen LogP contribution in [0.15, 0.2) is 83.8 Å². The minimum absolute atomic E-state index is 0.119. The van der Waals surface area contributed by atoms with E-state index in [9.17, 15) is 13.2 Å². The minimum Gasteiger partial charge on any atom is -0.350 e. The molecule has 1 heterocycles. The van der Waals surface area contributed by atoms with Gasteiger partial charge in [-0.2, -0.15) is 0 Å². The van der Waals surface area contributed by atoms with Crippen molar-refractivity contribution < 1.29 is 13.2 Å². The second-order valence-electron chi connectivity index (χ2n) is 8.33. The lowest BCUT2D eigenvalue weighted by atomic mass is 10.1. The van der Waals surface area contributed by atoms with E-state index in [1.807, 2.05) is 18.2 Å². The molecule has 0 radical (unpaired) electrons. The van der Waals surface area contributed by atoms with E-state index >= 15 is 0 Å². The summed E-state index contributed by atoms with van der Waals surface area (Å²) in [4.78, 5) is 15.5. The van der Waals surface area contributed by atoms with E-state index < -0.39 is 10.0 Å². The number of amides is 1. The minimum atomic E-state index is -3.95. The Morgan fingerprint density at radius 1 is 0.882 bits per heavy atom. The van der Waals surface area contributed by atoms with Gasteiger partial charge < -0.3 is 5.32 Å². The average Bonchev–Trinajstić information content (AvgIpc) is 3.36. The zero-order valence-electron chi connectivity index (χ0n) is 18.9. The van der Waals surface area contributed by atoms with Crippen molar-refractivity contribution >= 4 is 33.2 Å². The number of anilines is 1. The van der Waals surface area contributed by atoms with Crippen LogP contribution in [0, 0.1) is 0 Å². The number of hydrogen-bond donors (Lipinski definition) is 1. The number of likely N-dealkylation sites (tertiary alicyclic amines) is 1. The lowest BCUT2D eigenvalue weighted by Gasteiger charge is -2.24. The van der Waals surface area contributed by atoms with Crippen molar-refractivity contribution in [2.24, 2.45) is 0 Å². The van der Waals surface area contributed by atoms with E-state index in [-0.39, 0.29) is 17.3 Å². The van der Waals surface area contributed by atoms with Gasteiger partial charge >= 0.3 is 0 Å². The topological polar surface area (TPSA) is 69.7 Å². The molecule has 4 rings (SSSR count). The molecule has 0 saturated carbocycles. The molecule has 0 aliphatic carbocycles. The molecule has 1 saturated heterocycles. The highest BCUT2D eigenvalue weighted by Crippen LogP contribution is 2.25. The van der Waals surface area contributed by atoms with E-state index in [4.69, 9.17) is 11.6 Å². The molecule has 8 heteroatoms. The predicted molar refractivity (Wildman–Crippen MR) is 135 cm³/mol. The molecule has 1 fully saturated rings. The van der Waals surface area contributed by atoms with Gasteiger partial charge in [-0.1, -0.05) is 54.1 Å². The number of rotatable bonds is 9. The molecule has 0 spiro atoms. The smallest absolute Gasteiger partial charge is 0.264 e. The Balaban J connectivity index is 1.50. The Labute approximate surface area is 206 Å². The van der Waals surface area contributed by atoms with E-state index in [0.717, 1.165) is 29.5 Å². The number of carbonyl (C=O) groups excluding carboxylic acids is 1. The van der Waals surface area contributed by atoms with Gasteiger partial charge in [-0.25, -0.2) is 8.42 Å². The van der Waals surface area contributed by atoms with E-state index in [1.54, 1.807) is 42.5 Å². The van der Waals surface area contributed by atoms with Crippen molar-refractivity contribution in [3.8, 4) is 0 Å². The van der Waals surface area contributed by atoms with Crippen molar-refractivity contribution in [2.75, 3.05) is 23.9 Å². The summed E-state index contributed by atoms with van der Waals surface area (Å²) in [6.45, 7) is 3.03. The average molecular weight is 498 g/mol. The summed E-state index contributed by atoms with van der Waals surface area (Å²) in [6, 6.07) is 22.6. The predicted octanol–water partition coefficient (Wildman–Crippen LogP) is 4.45. The molecule has 1 N–H and O–H groups in total. The number of sulfonamides is 1. The third-order valence-electron chi connectivity index (χ3n) is 5.92. The van der Waals surface area contributed by atoms with E-state index in [0.29, 0.717) is 17.3 Å². The van der Waals surface area contributed by atoms with Gasteiger partial charge in [0.05, 0.1) is 10.6 Å². The van der Waals surface area contributed by atoms with Gasteiger partial charge in [0.2, 0.25) is 5.91 Å². The van der Waals surface area contributed by atoms with Crippen LogP contribution in [0.4, 0.5) is 5.69 Å². The van der Waals surface area contributed by atoms with Gasteiger partial charge in [-0.05, 0) is 73.5 Å². The molecule has 178 valence electrons. The molecule has 6 nitrogen and oxygen atoms in total. The maximum absolute atomic E-state index is 13.4. The molecule has 1 aliphatic rings. The van der Waals surface area contributed by atoms with Crippen LogP contribution >= 0.6 is 11.6 Å². The molecule has 0 bridgehead atoms. The third kappa shape index (κ3) is 5.97. The first-order valence-corrected chi connectivity index (χ1v) is 13.1. The molecule has 0 atom stereocenters. The van der Waals surface area contributed by atoms with Crippen LogP contribution in [0.2, 0.25) is 5.02 Å². The van der Waals surface area contributed by atoms with Crippen LogP contribution in [0.25, 0.3) is 0 Å². The quantitative estimate of drug-likeness (QED) is 0.474. The molecule has 1 aliphatic heterocycles. The first-order valence-electron chi connectivity index (χ1n) is 11.3. The summed E-state index contributed by atoms with van der Waals surface area (Å²) in [5.74, 6) is -0.384. The Morgan fingerprint density at radius 3 is 2.18 bits per heavy atom. The monoisotopic (exact) mass is 497 g/mol. The van der Waals surface area contributed by atoms with Crippen molar-refractivity contribution in [3.63, 3.8) is 0 Å². The third-order valence-corrected chi connectivity index (χ3v) is 7.96. The number of benzene rings is 3. The summed E-state index contributed by atoms with van der Waals surface area (Å²) in [6.07, 6.45) is 2.44. The molecular weight excluding hydrogens is 470 g/mol. The number of nitrogens with one attached hydrogen (secondary N) is 1. The number of nitrogens with zero attached hydrogens (tertiary/aromatic N) is 2. The molecule has 1 amide bonds. The zero-order chi connectivity index (χ0) is 24.0. The fourth-order valence-corrected chi connectivity index (χ4v) is 5.66. The first kappa shape index (κ1) is 24.3. The van der Waals surface area contributed by atoms with E-state index in [2.05, 4.69) is 16.3 Å². The summed E-state index contributed by atoms with van der Waals surface area (Å²) in [5.41, 5.74) is 2.58. The molecule has 0 unspecified atom stereocenters. The van der Waals surface area contributed by atoms with Gasteiger partial charge in [0, 0.05) is 18.1 Å². The summed E-state index contributed by atoms with van der Waals surface area (Å²) >= 11 is 6.00. The van der Waals surface area contributed by atoms with Gasteiger partial charge in [0.25, 0.3) is 10.0 Å². The van der Waals surface area contributed by atoms with Crippen LogP contribution in [-0.4, -0.2) is 38.9 Å².